The first-order valence-corrected chi connectivity index (χ1v) is 5.88. The summed E-state index contributed by atoms with van der Waals surface area (Å²) in [7, 11) is 1.59. The molecule has 0 aliphatic carbocycles. The zero-order chi connectivity index (χ0) is 12.7. The van der Waals surface area contributed by atoms with Gasteiger partial charge in [0.25, 0.3) is 0 Å². The summed E-state index contributed by atoms with van der Waals surface area (Å²) in [6, 6.07) is 6.79. The van der Waals surface area contributed by atoms with Crippen LogP contribution in [0, 0.1) is 0 Å². The van der Waals surface area contributed by atoms with Crippen molar-refractivity contribution in [1.29, 1.82) is 0 Å². The van der Waals surface area contributed by atoms with Crippen LogP contribution in [0.1, 0.15) is 26.2 Å². The number of nitrogens with one attached hydrogen (secondary N) is 1. The van der Waals surface area contributed by atoms with Crippen LogP contribution in [-0.4, -0.2) is 19.1 Å². The van der Waals surface area contributed by atoms with Crippen molar-refractivity contribution in [1.82, 2.24) is 0 Å². The number of rotatable bonds is 6. The standard InChI is InChI=1S/C13H20N2O2/c1-3-4-8-12(14)13(16)15-10-6-5-7-11(9-10)17-2/h5-7,9,12H,3-4,8,14H2,1-2H3,(H,15,16)/t12-/m0/s1. The lowest BCUT2D eigenvalue weighted by Gasteiger charge is -2.12. The van der Waals surface area contributed by atoms with Gasteiger partial charge in [0.05, 0.1) is 13.2 Å². The van der Waals surface area contributed by atoms with Crippen molar-refractivity contribution >= 4 is 11.6 Å². The molecule has 1 aromatic rings. The number of amides is 1. The number of hydrogen-bond acceptors (Lipinski definition) is 3. The first-order valence-electron chi connectivity index (χ1n) is 5.88. The van der Waals surface area contributed by atoms with Crippen LogP contribution in [0.15, 0.2) is 24.3 Å². The van der Waals surface area contributed by atoms with E-state index in [2.05, 4.69) is 12.2 Å². The molecule has 0 heterocycles. The Bertz CT molecular complexity index is 366. The Kier molecular flexibility index (Phi) is 5.49. The summed E-state index contributed by atoms with van der Waals surface area (Å²) < 4.78 is 5.08. The summed E-state index contributed by atoms with van der Waals surface area (Å²) >= 11 is 0. The Hall–Kier alpha value is -1.55. The Morgan fingerprint density at radius 2 is 2.29 bits per heavy atom. The predicted octanol–water partition coefficient (Wildman–Crippen LogP) is 2.15. The number of benzene rings is 1. The van der Waals surface area contributed by atoms with E-state index < -0.39 is 6.04 Å². The highest BCUT2D eigenvalue weighted by Crippen LogP contribution is 2.16. The van der Waals surface area contributed by atoms with E-state index in [1.165, 1.54) is 0 Å². The van der Waals surface area contributed by atoms with Crippen molar-refractivity contribution in [3.63, 3.8) is 0 Å². The number of carbonyl (C=O) groups is 1. The van der Waals surface area contributed by atoms with Crippen LogP contribution >= 0.6 is 0 Å². The average Bonchev–Trinajstić information content (AvgIpc) is 2.36. The first-order chi connectivity index (χ1) is 8.17. The molecule has 3 N–H and O–H groups in total. The van der Waals surface area contributed by atoms with Gasteiger partial charge < -0.3 is 15.8 Å². The second kappa shape index (κ2) is 6.91. The third-order valence-corrected chi connectivity index (χ3v) is 2.54. The van der Waals surface area contributed by atoms with Gasteiger partial charge in [-0.05, 0) is 18.6 Å². The van der Waals surface area contributed by atoms with Gasteiger partial charge in [0, 0.05) is 11.8 Å². The number of nitrogens with two attached hydrogens (primary N) is 1. The zero-order valence-electron chi connectivity index (χ0n) is 10.4. The number of anilines is 1. The number of ether oxygens (including phenoxy) is 1. The molecular formula is C13H20N2O2. The summed E-state index contributed by atoms with van der Waals surface area (Å²) in [5.41, 5.74) is 6.49. The summed E-state index contributed by atoms with van der Waals surface area (Å²) in [4.78, 5) is 11.7. The molecule has 17 heavy (non-hydrogen) atoms. The van der Waals surface area contributed by atoms with E-state index in [1.807, 2.05) is 18.2 Å². The third-order valence-electron chi connectivity index (χ3n) is 2.54. The molecule has 0 bridgehead atoms. The van der Waals surface area contributed by atoms with Gasteiger partial charge in [-0.2, -0.15) is 0 Å². The normalized spacial score (nSPS) is 11.9. The third kappa shape index (κ3) is 4.44. The molecule has 0 fully saturated rings. The molecular weight excluding hydrogens is 216 g/mol. The van der Waals surface area contributed by atoms with Crippen LogP contribution < -0.4 is 15.8 Å². The lowest BCUT2D eigenvalue weighted by molar-refractivity contribution is -0.117. The van der Waals surface area contributed by atoms with Crippen LogP contribution in [0.2, 0.25) is 0 Å². The largest absolute Gasteiger partial charge is 0.497 e. The topological polar surface area (TPSA) is 64.4 Å². The monoisotopic (exact) mass is 236 g/mol. The van der Waals surface area contributed by atoms with Crippen molar-refractivity contribution in [3.05, 3.63) is 24.3 Å². The summed E-state index contributed by atoms with van der Waals surface area (Å²) in [6.07, 6.45) is 2.72. The van der Waals surface area contributed by atoms with E-state index in [-0.39, 0.29) is 5.91 Å². The van der Waals surface area contributed by atoms with Crippen LogP contribution in [0.25, 0.3) is 0 Å². The van der Waals surface area contributed by atoms with E-state index in [9.17, 15) is 4.79 Å². The molecule has 0 saturated heterocycles. The minimum Gasteiger partial charge on any atom is -0.497 e. The molecule has 0 radical (unpaired) electrons. The van der Waals surface area contributed by atoms with Crippen molar-refractivity contribution in [2.75, 3.05) is 12.4 Å². The Morgan fingerprint density at radius 1 is 1.53 bits per heavy atom. The molecule has 0 aliphatic heterocycles. The van der Waals surface area contributed by atoms with Crippen molar-refractivity contribution in [3.8, 4) is 5.75 Å². The lowest BCUT2D eigenvalue weighted by Crippen LogP contribution is -2.35. The fourth-order valence-electron chi connectivity index (χ4n) is 1.49. The molecule has 0 spiro atoms. The minimum atomic E-state index is -0.443. The van der Waals surface area contributed by atoms with Gasteiger partial charge in [0.2, 0.25) is 5.91 Å². The molecule has 94 valence electrons. The van der Waals surface area contributed by atoms with Gasteiger partial charge in [-0.25, -0.2) is 0 Å². The van der Waals surface area contributed by atoms with E-state index in [0.29, 0.717) is 17.9 Å². The number of hydrogen-bond donors (Lipinski definition) is 2. The maximum absolute atomic E-state index is 11.7. The van der Waals surface area contributed by atoms with Crippen molar-refractivity contribution < 1.29 is 9.53 Å². The molecule has 4 heteroatoms. The molecule has 4 nitrogen and oxygen atoms in total. The van der Waals surface area contributed by atoms with E-state index in [0.717, 1.165) is 12.8 Å². The number of carbonyl (C=O) groups excluding carboxylic acids is 1. The van der Waals surface area contributed by atoms with E-state index >= 15 is 0 Å². The van der Waals surface area contributed by atoms with Gasteiger partial charge in [-0.1, -0.05) is 25.8 Å². The van der Waals surface area contributed by atoms with Gasteiger partial charge in [0.15, 0.2) is 0 Å². The Balaban J connectivity index is 2.54. The van der Waals surface area contributed by atoms with Crippen molar-refractivity contribution in [2.45, 2.75) is 32.2 Å². The fraction of sp³-hybridized carbons (Fsp3) is 0.462. The average molecular weight is 236 g/mol. The maximum Gasteiger partial charge on any atom is 0.241 e. The zero-order valence-corrected chi connectivity index (χ0v) is 10.4. The maximum atomic E-state index is 11.7. The fourth-order valence-corrected chi connectivity index (χ4v) is 1.49. The summed E-state index contributed by atoms with van der Waals surface area (Å²) in [5, 5.41) is 2.78. The SMILES string of the molecule is CCCC[C@H](N)C(=O)Nc1cccc(OC)c1. The van der Waals surface area contributed by atoms with E-state index in [4.69, 9.17) is 10.5 Å². The lowest BCUT2D eigenvalue weighted by atomic mass is 10.1. The Morgan fingerprint density at radius 3 is 2.94 bits per heavy atom. The molecule has 1 aromatic carbocycles. The van der Waals surface area contributed by atoms with Gasteiger partial charge in [0.1, 0.15) is 5.75 Å². The van der Waals surface area contributed by atoms with Crippen LogP contribution in [-0.2, 0) is 4.79 Å². The highest BCUT2D eigenvalue weighted by Gasteiger charge is 2.12. The van der Waals surface area contributed by atoms with Crippen LogP contribution in [0.3, 0.4) is 0 Å². The molecule has 1 atom stereocenters. The predicted molar refractivity (Wildman–Crippen MR) is 69.1 cm³/mol. The second-order valence-electron chi connectivity index (χ2n) is 3.97. The molecule has 0 aliphatic rings. The molecule has 0 unspecified atom stereocenters. The van der Waals surface area contributed by atoms with Gasteiger partial charge >= 0.3 is 0 Å². The number of methoxy groups -OCH3 is 1. The summed E-state index contributed by atoms with van der Waals surface area (Å²) in [5.74, 6) is 0.566. The van der Waals surface area contributed by atoms with Gasteiger partial charge in [-0.3, -0.25) is 4.79 Å². The molecule has 0 saturated carbocycles. The smallest absolute Gasteiger partial charge is 0.241 e. The van der Waals surface area contributed by atoms with E-state index in [1.54, 1.807) is 13.2 Å². The molecule has 0 aromatic heterocycles. The Labute approximate surface area is 102 Å². The second-order valence-corrected chi connectivity index (χ2v) is 3.97. The minimum absolute atomic E-state index is 0.147. The molecule has 1 rings (SSSR count). The summed E-state index contributed by atoms with van der Waals surface area (Å²) in [6.45, 7) is 2.08. The quantitative estimate of drug-likeness (QED) is 0.795. The van der Waals surface area contributed by atoms with Gasteiger partial charge in [-0.15, -0.1) is 0 Å². The van der Waals surface area contributed by atoms with Crippen LogP contribution in [0.5, 0.6) is 5.75 Å². The highest BCUT2D eigenvalue weighted by molar-refractivity contribution is 5.94. The molecule has 1 amide bonds. The first kappa shape index (κ1) is 13.5. The van der Waals surface area contributed by atoms with Crippen molar-refractivity contribution in [2.24, 2.45) is 5.73 Å². The highest BCUT2D eigenvalue weighted by atomic mass is 16.5. The number of unbranched alkanes of at least 4 members (excludes halogenated alkanes) is 1. The van der Waals surface area contributed by atoms with Crippen LogP contribution in [0.4, 0.5) is 5.69 Å².